The lowest BCUT2D eigenvalue weighted by molar-refractivity contribution is 0.0675. The molecule has 2 rings (SSSR count). The molecular formula is C20H27N3O4. The van der Waals surface area contributed by atoms with Crippen LogP contribution in [0.25, 0.3) is 0 Å². The van der Waals surface area contributed by atoms with E-state index in [0.29, 0.717) is 49.2 Å². The second-order valence-corrected chi connectivity index (χ2v) is 6.25. The number of carbonyl (C=O) groups excluding carboxylic acids is 1. The van der Waals surface area contributed by atoms with Crippen LogP contribution >= 0.6 is 0 Å². The Bertz CT molecular complexity index is 651. The molecule has 0 radical (unpaired) electrons. The second kappa shape index (κ2) is 10.2. The first kappa shape index (κ1) is 20.2. The van der Waals surface area contributed by atoms with Crippen molar-refractivity contribution in [1.29, 1.82) is 0 Å². The minimum absolute atomic E-state index is 0.198. The van der Waals surface area contributed by atoms with E-state index in [-0.39, 0.29) is 6.10 Å². The van der Waals surface area contributed by atoms with Crippen LogP contribution in [0.3, 0.4) is 0 Å². The highest BCUT2D eigenvalue weighted by molar-refractivity contribution is 5.67. The molecule has 0 heterocycles. The molecule has 0 fully saturated rings. The van der Waals surface area contributed by atoms with Crippen LogP contribution in [0.1, 0.15) is 13.8 Å². The first-order valence-corrected chi connectivity index (χ1v) is 8.86. The van der Waals surface area contributed by atoms with Gasteiger partial charge < -0.3 is 30.6 Å². The van der Waals surface area contributed by atoms with Gasteiger partial charge in [-0.05, 0) is 62.4 Å². The Hall–Kier alpha value is -3.09. The van der Waals surface area contributed by atoms with Crippen molar-refractivity contribution in [1.82, 2.24) is 4.90 Å². The van der Waals surface area contributed by atoms with E-state index >= 15 is 0 Å². The lowest BCUT2D eigenvalue weighted by Gasteiger charge is -2.23. The van der Waals surface area contributed by atoms with Gasteiger partial charge in [0.25, 0.3) is 0 Å². The standard InChI is InChI=1S/C20H27N3O4/c1-15(2)27-20(24)23(11-13-25-18-7-3-16(21)4-8-18)12-14-26-19-9-5-17(22)6-10-19/h3-10,15H,11-14,21-22H2,1-2H3. The van der Waals surface area contributed by atoms with Gasteiger partial charge in [-0.15, -0.1) is 0 Å². The Morgan fingerprint density at radius 1 is 0.852 bits per heavy atom. The molecule has 0 aliphatic carbocycles. The van der Waals surface area contributed by atoms with Gasteiger partial charge in [-0.3, -0.25) is 0 Å². The molecule has 0 aliphatic rings. The van der Waals surface area contributed by atoms with E-state index in [1.54, 1.807) is 53.4 Å². The molecule has 7 nitrogen and oxygen atoms in total. The molecule has 0 spiro atoms. The molecule has 0 saturated carbocycles. The summed E-state index contributed by atoms with van der Waals surface area (Å²) in [5.41, 5.74) is 12.7. The Kier molecular flexibility index (Phi) is 7.61. The summed E-state index contributed by atoms with van der Waals surface area (Å²) in [7, 11) is 0. The molecule has 4 N–H and O–H groups in total. The topological polar surface area (TPSA) is 100 Å². The van der Waals surface area contributed by atoms with E-state index in [1.165, 1.54) is 0 Å². The molecule has 0 unspecified atom stereocenters. The predicted molar refractivity (Wildman–Crippen MR) is 106 cm³/mol. The van der Waals surface area contributed by atoms with E-state index in [2.05, 4.69) is 0 Å². The van der Waals surface area contributed by atoms with Gasteiger partial charge in [-0.2, -0.15) is 0 Å². The molecule has 2 aromatic carbocycles. The summed E-state index contributed by atoms with van der Waals surface area (Å²) in [6.07, 6.45) is -0.595. The SMILES string of the molecule is CC(C)OC(=O)N(CCOc1ccc(N)cc1)CCOc1ccc(N)cc1. The van der Waals surface area contributed by atoms with Gasteiger partial charge >= 0.3 is 6.09 Å². The summed E-state index contributed by atoms with van der Waals surface area (Å²) >= 11 is 0. The van der Waals surface area contributed by atoms with Crippen molar-refractivity contribution in [2.75, 3.05) is 37.8 Å². The molecule has 0 aliphatic heterocycles. The third-order valence-electron chi connectivity index (χ3n) is 3.61. The van der Waals surface area contributed by atoms with Gasteiger partial charge in [-0.1, -0.05) is 0 Å². The maximum Gasteiger partial charge on any atom is 0.410 e. The fourth-order valence-corrected chi connectivity index (χ4v) is 2.25. The van der Waals surface area contributed by atoms with Crippen LogP contribution in [0, 0.1) is 0 Å². The zero-order chi connectivity index (χ0) is 19.6. The number of nitrogen functional groups attached to an aromatic ring is 2. The quantitative estimate of drug-likeness (QED) is 0.655. The zero-order valence-corrected chi connectivity index (χ0v) is 15.8. The van der Waals surface area contributed by atoms with Gasteiger partial charge in [0, 0.05) is 11.4 Å². The molecular weight excluding hydrogens is 346 g/mol. The first-order valence-electron chi connectivity index (χ1n) is 8.86. The number of ether oxygens (including phenoxy) is 3. The summed E-state index contributed by atoms with van der Waals surface area (Å²) < 4.78 is 16.6. The molecule has 0 bridgehead atoms. The average molecular weight is 373 g/mol. The minimum atomic E-state index is -0.396. The first-order chi connectivity index (χ1) is 12.9. The fourth-order valence-electron chi connectivity index (χ4n) is 2.25. The number of hydrogen-bond donors (Lipinski definition) is 2. The molecule has 27 heavy (non-hydrogen) atoms. The monoisotopic (exact) mass is 373 g/mol. The van der Waals surface area contributed by atoms with Gasteiger partial charge in [-0.25, -0.2) is 4.79 Å². The highest BCUT2D eigenvalue weighted by atomic mass is 16.6. The Labute approximate surface area is 159 Å². The molecule has 2 aromatic rings. The number of amides is 1. The number of nitrogens with two attached hydrogens (primary N) is 2. The Morgan fingerprint density at radius 3 is 1.63 bits per heavy atom. The van der Waals surface area contributed by atoms with Crippen LogP contribution in [0.4, 0.5) is 16.2 Å². The highest BCUT2D eigenvalue weighted by Crippen LogP contribution is 2.14. The van der Waals surface area contributed by atoms with E-state index < -0.39 is 6.09 Å². The molecule has 1 amide bonds. The summed E-state index contributed by atoms with van der Waals surface area (Å²) in [6.45, 7) is 5.04. The van der Waals surface area contributed by atoms with E-state index in [0.717, 1.165) is 0 Å². The minimum Gasteiger partial charge on any atom is -0.492 e. The normalized spacial score (nSPS) is 10.5. The van der Waals surface area contributed by atoms with Crippen LogP contribution < -0.4 is 20.9 Å². The summed E-state index contributed by atoms with van der Waals surface area (Å²) in [6, 6.07) is 14.2. The van der Waals surface area contributed by atoms with Gasteiger partial charge in [0.1, 0.15) is 24.7 Å². The van der Waals surface area contributed by atoms with E-state index in [9.17, 15) is 4.79 Å². The number of benzene rings is 2. The van der Waals surface area contributed by atoms with Gasteiger partial charge in [0.15, 0.2) is 0 Å². The third kappa shape index (κ3) is 7.35. The maximum atomic E-state index is 12.3. The van der Waals surface area contributed by atoms with Crippen molar-refractivity contribution in [3.63, 3.8) is 0 Å². The molecule has 146 valence electrons. The zero-order valence-electron chi connectivity index (χ0n) is 15.8. The van der Waals surface area contributed by atoms with Crippen LogP contribution in [0.15, 0.2) is 48.5 Å². The lowest BCUT2D eigenvalue weighted by atomic mass is 10.3. The van der Waals surface area contributed by atoms with Crippen molar-refractivity contribution >= 4 is 17.5 Å². The molecule has 0 saturated heterocycles. The lowest BCUT2D eigenvalue weighted by Crippen LogP contribution is -2.39. The number of anilines is 2. The predicted octanol–water partition coefficient (Wildman–Crippen LogP) is 3.16. The summed E-state index contributed by atoms with van der Waals surface area (Å²) in [4.78, 5) is 13.9. The summed E-state index contributed by atoms with van der Waals surface area (Å²) in [5, 5.41) is 0. The van der Waals surface area contributed by atoms with Crippen molar-refractivity contribution < 1.29 is 19.0 Å². The van der Waals surface area contributed by atoms with Crippen molar-refractivity contribution in [3.05, 3.63) is 48.5 Å². The number of rotatable bonds is 9. The number of carbonyl (C=O) groups is 1. The molecule has 0 aromatic heterocycles. The van der Waals surface area contributed by atoms with Crippen LogP contribution in [0.5, 0.6) is 11.5 Å². The molecule has 0 atom stereocenters. The number of hydrogen-bond acceptors (Lipinski definition) is 6. The van der Waals surface area contributed by atoms with Crippen molar-refractivity contribution in [3.8, 4) is 11.5 Å². The molecule has 7 heteroatoms. The van der Waals surface area contributed by atoms with Crippen molar-refractivity contribution in [2.24, 2.45) is 0 Å². The fraction of sp³-hybridized carbons (Fsp3) is 0.350. The van der Waals surface area contributed by atoms with E-state index in [4.69, 9.17) is 25.7 Å². The van der Waals surface area contributed by atoms with Crippen molar-refractivity contribution in [2.45, 2.75) is 20.0 Å². The smallest absolute Gasteiger partial charge is 0.410 e. The van der Waals surface area contributed by atoms with Crippen LogP contribution in [-0.2, 0) is 4.74 Å². The van der Waals surface area contributed by atoms with Crippen LogP contribution in [-0.4, -0.2) is 43.4 Å². The summed E-state index contributed by atoms with van der Waals surface area (Å²) in [5.74, 6) is 1.39. The Balaban J connectivity index is 1.84. The average Bonchev–Trinajstić information content (AvgIpc) is 2.63. The highest BCUT2D eigenvalue weighted by Gasteiger charge is 2.16. The van der Waals surface area contributed by atoms with E-state index in [1.807, 2.05) is 13.8 Å². The van der Waals surface area contributed by atoms with Crippen LogP contribution in [0.2, 0.25) is 0 Å². The Morgan fingerprint density at radius 2 is 1.26 bits per heavy atom. The van der Waals surface area contributed by atoms with Gasteiger partial charge in [0.2, 0.25) is 0 Å². The third-order valence-corrected chi connectivity index (χ3v) is 3.61. The maximum absolute atomic E-state index is 12.3. The largest absolute Gasteiger partial charge is 0.492 e. The second-order valence-electron chi connectivity index (χ2n) is 6.25. The van der Waals surface area contributed by atoms with Gasteiger partial charge in [0.05, 0.1) is 19.2 Å². The number of nitrogens with zero attached hydrogens (tertiary/aromatic N) is 1.